The Balaban J connectivity index is 1.58. The number of carbonyl (C=O) groups is 2. The largest absolute Gasteiger partial charge is 0.378 e. The van der Waals surface area contributed by atoms with Gasteiger partial charge in [0.15, 0.2) is 0 Å². The molecule has 8 heteroatoms. The molecule has 4 aromatic rings. The first-order chi connectivity index (χ1) is 20.1. The van der Waals surface area contributed by atoms with Gasteiger partial charge in [-0.25, -0.2) is 4.68 Å². The minimum Gasteiger partial charge on any atom is -0.378 e. The van der Waals surface area contributed by atoms with Crippen LogP contribution in [-0.4, -0.2) is 46.4 Å². The highest BCUT2D eigenvalue weighted by atomic mass is 16.2. The molecule has 8 nitrogen and oxygen atoms in total. The van der Waals surface area contributed by atoms with E-state index in [1.807, 2.05) is 100 Å². The maximum Gasteiger partial charge on any atom is 0.249 e. The second kappa shape index (κ2) is 12.3. The fourth-order valence-electron chi connectivity index (χ4n) is 5.83. The van der Waals surface area contributed by atoms with Gasteiger partial charge in [0.1, 0.15) is 18.1 Å². The van der Waals surface area contributed by atoms with Crippen LogP contribution in [0.5, 0.6) is 0 Å². The maximum atomic E-state index is 14.4. The quantitative estimate of drug-likeness (QED) is 0.273. The van der Waals surface area contributed by atoms with Crippen molar-refractivity contribution in [3.05, 3.63) is 83.9 Å². The first-order valence-electron chi connectivity index (χ1n) is 14.9. The van der Waals surface area contributed by atoms with Gasteiger partial charge in [-0.3, -0.25) is 14.5 Å². The van der Waals surface area contributed by atoms with Crippen LogP contribution in [0.2, 0.25) is 0 Å². The fraction of sp³-hybridized carbons (Fsp3) is 0.412. The highest BCUT2D eigenvalue weighted by molar-refractivity contribution is 6.01. The highest BCUT2D eigenvalue weighted by Crippen LogP contribution is 2.35. The lowest BCUT2D eigenvalue weighted by molar-refractivity contribution is -0.128. The van der Waals surface area contributed by atoms with Gasteiger partial charge in [0.05, 0.1) is 5.52 Å². The first-order valence-corrected chi connectivity index (χ1v) is 14.9. The summed E-state index contributed by atoms with van der Waals surface area (Å²) in [5.74, 6) is 0.0482. The van der Waals surface area contributed by atoms with Crippen LogP contribution in [-0.2, 0) is 16.1 Å². The Morgan fingerprint density at radius 1 is 0.905 bits per heavy atom. The normalized spacial score (nSPS) is 14.9. The molecule has 0 saturated heterocycles. The molecule has 1 fully saturated rings. The number of aromatic nitrogens is 3. The predicted octanol–water partition coefficient (Wildman–Crippen LogP) is 6.23. The van der Waals surface area contributed by atoms with Gasteiger partial charge in [-0.2, -0.15) is 0 Å². The molecule has 1 N–H and O–H groups in total. The molecule has 1 atom stereocenters. The van der Waals surface area contributed by atoms with E-state index in [-0.39, 0.29) is 18.4 Å². The molecule has 0 aliphatic heterocycles. The van der Waals surface area contributed by atoms with Crippen LogP contribution in [0.3, 0.4) is 0 Å². The lowest BCUT2D eigenvalue weighted by Gasteiger charge is -2.34. The summed E-state index contributed by atoms with van der Waals surface area (Å²) >= 11 is 0. The summed E-state index contributed by atoms with van der Waals surface area (Å²) in [5, 5.41) is 11.6. The number of anilines is 2. The molecule has 0 spiro atoms. The third kappa shape index (κ3) is 6.64. The SMILES string of the molecule is CN(C)c1ccc(C(C(=O)NC(C)(C)C)N(C(=O)Cn2nnc3ccccc32)c2ccc(C3CCCCC3)cc2)cc1. The average Bonchev–Trinajstić information content (AvgIpc) is 3.38. The van der Waals surface area contributed by atoms with Gasteiger partial charge in [0, 0.05) is 31.0 Å². The van der Waals surface area contributed by atoms with Crippen LogP contribution in [0.1, 0.15) is 76.0 Å². The molecule has 1 heterocycles. The van der Waals surface area contributed by atoms with E-state index in [0.29, 0.717) is 11.6 Å². The monoisotopic (exact) mass is 566 g/mol. The summed E-state index contributed by atoms with van der Waals surface area (Å²) in [6.45, 7) is 5.79. The molecular formula is C34H42N6O2. The van der Waals surface area contributed by atoms with E-state index in [1.165, 1.54) is 37.7 Å². The number of para-hydroxylation sites is 1. The Morgan fingerprint density at radius 3 is 2.19 bits per heavy atom. The van der Waals surface area contributed by atoms with Crippen molar-refractivity contribution in [2.24, 2.45) is 0 Å². The van der Waals surface area contributed by atoms with E-state index in [2.05, 4.69) is 27.8 Å². The Hall–Kier alpha value is -4.20. The lowest BCUT2D eigenvalue weighted by Crippen LogP contribution is -2.50. The van der Waals surface area contributed by atoms with Crippen LogP contribution >= 0.6 is 0 Å². The standard InChI is InChI=1S/C34H42N6O2/c1-34(2,3)35-33(42)32(26-17-19-27(20-18-26)38(4)5)40(28-21-15-25(16-22-28)24-11-7-6-8-12-24)31(41)23-39-30-14-10-9-13-29(30)36-37-39/h9-10,13-22,24,32H,6-8,11-12,23H2,1-5H3,(H,35,42). The number of fused-ring (bicyclic) bond motifs is 1. The van der Waals surface area contributed by atoms with Crippen molar-refractivity contribution in [3.63, 3.8) is 0 Å². The lowest BCUT2D eigenvalue weighted by atomic mass is 9.84. The van der Waals surface area contributed by atoms with Crippen molar-refractivity contribution in [1.82, 2.24) is 20.3 Å². The maximum absolute atomic E-state index is 14.4. The molecule has 1 aliphatic carbocycles. The van der Waals surface area contributed by atoms with Crippen LogP contribution in [0.25, 0.3) is 11.0 Å². The minimum atomic E-state index is -0.886. The zero-order valence-corrected chi connectivity index (χ0v) is 25.4. The van der Waals surface area contributed by atoms with E-state index < -0.39 is 11.6 Å². The molecule has 5 rings (SSSR count). The molecule has 2 amide bonds. The first kappa shape index (κ1) is 29.3. The fourth-order valence-corrected chi connectivity index (χ4v) is 5.83. The van der Waals surface area contributed by atoms with Crippen LogP contribution < -0.4 is 15.1 Å². The Labute approximate surface area is 248 Å². The molecule has 0 bridgehead atoms. The van der Waals surface area contributed by atoms with Crippen molar-refractivity contribution >= 4 is 34.2 Å². The molecule has 1 saturated carbocycles. The van der Waals surface area contributed by atoms with Crippen molar-refractivity contribution in [3.8, 4) is 0 Å². The van der Waals surface area contributed by atoms with E-state index in [0.717, 1.165) is 22.3 Å². The minimum absolute atomic E-state index is 0.0556. The number of hydrogen-bond acceptors (Lipinski definition) is 5. The Kier molecular flexibility index (Phi) is 8.61. The smallest absolute Gasteiger partial charge is 0.249 e. The number of nitrogens with one attached hydrogen (secondary N) is 1. The Bertz CT molecular complexity index is 1510. The van der Waals surface area contributed by atoms with Crippen LogP contribution in [0, 0.1) is 0 Å². The van der Waals surface area contributed by atoms with Gasteiger partial charge in [-0.05, 0) is 87.1 Å². The van der Waals surface area contributed by atoms with Gasteiger partial charge in [0.25, 0.3) is 0 Å². The number of hydrogen-bond donors (Lipinski definition) is 1. The molecule has 0 radical (unpaired) electrons. The van der Waals surface area contributed by atoms with Gasteiger partial charge in [-0.15, -0.1) is 5.10 Å². The van der Waals surface area contributed by atoms with Gasteiger partial charge < -0.3 is 10.2 Å². The zero-order valence-electron chi connectivity index (χ0n) is 25.4. The topological polar surface area (TPSA) is 83.4 Å². The summed E-state index contributed by atoms with van der Waals surface area (Å²) in [5.41, 5.74) is 4.71. The number of carbonyl (C=O) groups excluding carboxylic acids is 2. The van der Waals surface area contributed by atoms with E-state index in [9.17, 15) is 9.59 Å². The van der Waals surface area contributed by atoms with Gasteiger partial charge in [0.2, 0.25) is 11.8 Å². The van der Waals surface area contributed by atoms with Crippen molar-refractivity contribution < 1.29 is 9.59 Å². The third-order valence-corrected chi connectivity index (χ3v) is 7.95. The summed E-state index contributed by atoms with van der Waals surface area (Å²) in [4.78, 5) is 32.1. The van der Waals surface area contributed by atoms with Crippen LogP contribution in [0.4, 0.5) is 11.4 Å². The average molecular weight is 567 g/mol. The molecule has 1 unspecified atom stereocenters. The van der Waals surface area contributed by atoms with Gasteiger partial charge in [-0.1, -0.05) is 60.9 Å². The van der Waals surface area contributed by atoms with Crippen molar-refractivity contribution in [1.29, 1.82) is 0 Å². The summed E-state index contributed by atoms with van der Waals surface area (Å²) in [7, 11) is 3.95. The molecule has 1 aliphatic rings. The number of rotatable bonds is 8. The second-order valence-corrected chi connectivity index (χ2v) is 12.6. The highest BCUT2D eigenvalue weighted by Gasteiger charge is 2.35. The molecule has 3 aromatic carbocycles. The van der Waals surface area contributed by atoms with Gasteiger partial charge >= 0.3 is 0 Å². The Morgan fingerprint density at radius 2 is 1.55 bits per heavy atom. The zero-order chi connectivity index (χ0) is 29.9. The summed E-state index contributed by atoms with van der Waals surface area (Å²) in [6, 6.07) is 22.8. The molecule has 220 valence electrons. The van der Waals surface area contributed by atoms with Crippen molar-refractivity contribution in [2.75, 3.05) is 23.9 Å². The van der Waals surface area contributed by atoms with E-state index in [4.69, 9.17) is 0 Å². The summed E-state index contributed by atoms with van der Waals surface area (Å²) < 4.78 is 1.61. The third-order valence-electron chi connectivity index (χ3n) is 7.95. The van der Waals surface area contributed by atoms with E-state index in [1.54, 1.807) is 9.58 Å². The number of nitrogens with zero attached hydrogens (tertiary/aromatic N) is 5. The molecule has 1 aromatic heterocycles. The summed E-state index contributed by atoms with van der Waals surface area (Å²) in [6.07, 6.45) is 6.18. The number of amides is 2. The molecular weight excluding hydrogens is 524 g/mol. The second-order valence-electron chi connectivity index (χ2n) is 12.6. The van der Waals surface area contributed by atoms with Crippen molar-refractivity contribution in [2.45, 2.75) is 76.9 Å². The predicted molar refractivity (Wildman–Crippen MR) is 169 cm³/mol. The van der Waals surface area contributed by atoms with E-state index >= 15 is 0 Å². The van der Waals surface area contributed by atoms with Crippen LogP contribution in [0.15, 0.2) is 72.8 Å². The molecule has 42 heavy (non-hydrogen) atoms. The number of benzene rings is 3.